The van der Waals surface area contributed by atoms with Crippen molar-refractivity contribution in [2.45, 2.75) is 50.5 Å². The molecule has 1 aliphatic carbocycles. The fraction of sp³-hybridized carbons (Fsp3) is 0.632. The number of rotatable bonds is 5. The lowest BCUT2D eigenvalue weighted by atomic mass is 9.81. The van der Waals surface area contributed by atoms with Crippen LogP contribution in [0.3, 0.4) is 0 Å². The normalized spacial score (nSPS) is 23.2. The van der Waals surface area contributed by atoms with E-state index >= 15 is 0 Å². The number of carbonyl (C=O) groups is 1. The fourth-order valence-corrected chi connectivity index (χ4v) is 4.12. The lowest BCUT2D eigenvalue weighted by Gasteiger charge is -2.29. The second-order valence-corrected chi connectivity index (χ2v) is 7.62. The van der Waals surface area contributed by atoms with E-state index in [2.05, 4.69) is 19.7 Å². The Bertz CT molecular complexity index is 792. The van der Waals surface area contributed by atoms with E-state index in [1.54, 1.807) is 4.90 Å². The molecule has 0 spiro atoms. The number of hydrogen-bond donors (Lipinski definition) is 1. The van der Waals surface area contributed by atoms with Crippen LogP contribution in [0.25, 0.3) is 0 Å². The molecule has 1 aliphatic heterocycles. The van der Waals surface area contributed by atoms with Crippen LogP contribution in [0.2, 0.25) is 0 Å². The molecule has 7 nitrogen and oxygen atoms in total. The molecule has 0 bridgehead atoms. The van der Waals surface area contributed by atoms with Crippen molar-refractivity contribution in [3.05, 3.63) is 35.2 Å². The first-order valence-electron chi connectivity index (χ1n) is 9.45. The van der Waals surface area contributed by atoms with Gasteiger partial charge in [0.15, 0.2) is 5.82 Å². The topological polar surface area (TPSA) is 76.0 Å². The van der Waals surface area contributed by atoms with Gasteiger partial charge in [0.2, 0.25) is 0 Å². The van der Waals surface area contributed by atoms with Crippen LogP contribution in [0.1, 0.15) is 65.2 Å². The van der Waals surface area contributed by atoms with Gasteiger partial charge in [-0.3, -0.25) is 9.89 Å². The molecule has 3 heterocycles. The molecule has 0 aromatic carbocycles. The summed E-state index contributed by atoms with van der Waals surface area (Å²) in [7, 11) is 3.90. The van der Waals surface area contributed by atoms with Crippen molar-refractivity contribution in [1.82, 2.24) is 24.6 Å². The van der Waals surface area contributed by atoms with Crippen molar-refractivity contribution in [2.75, 3.05) is 20.2 Å². The van der Waals surface area contributed by atoms with Crippen LogP contribution in [0.4, 0.5) is 0 Å². The first kappa shape index (κ1) is 17.3. The van der Waals surface area contributed by atoms with Crippen molar-refractivity contribution in [2.24, 2.45) is 7.05 Å². The van der Waals surface area contributed by atoms with E-state index in [4.69, 9.17) is 4.74 Å². The standard InChI is InChI=1S/C19H27N5O2/c1-12-20-18(22-21-12)14-8-10-26-16(14)11-24(3)19(25)15-7-9-23(2)17(15)13-5-4-6-13/h7,9,13-14,16H,4-6,8,10-11H2,1-3H3,(H,20,21,22)/t14-,16-/m1/s1. The molecule has 26 heavy (non-hydrogen) atoms. The minimum absolute atomic E-state index is 0.0602. The highest BCUT2D eigenvalue weighted by atomic mass is 16.5. The van der Waals surface area contributed by atoms with Crippen LogP contribution in [0, 0.1) is 6.92 Å². The number of aromatic amines is 1. The van der Waals surface area contributed by atoms with E-state index in [1.807, 2.05) is 33.3 Å². The molecular formula is C19H27N5O2. The van der Waals surface area contributed by atoms with Crippen LogP contribution in [-0.4, -0.2) is 56.9 Å². The second kappa shape index (κ2) is 6.87. The first-order chi connectivity index (χ1) is 12.5. The quantitative estimate of drug-likeness (QED) is 0.891. The Morgan fingerprint density at radius 3 is 2.88 bits per heavy atom. The number of ether oxygens (including phenoxy) is 1. The number of aryl methyl sites for hydroxylation is 2. The second-order valence-electron chi connectivity index (χ2n) is 7.62. The van der Waals surface area contributed by atoms with E-state index in [0.717, 1.165) is 23.6 Å². The highest BCUT2D eigenvalue weighted by Gasteiger charge is 2.35. The smallest absolute Gasteiger partial charge is 0.255 e. The average molecular weight is 357 g/mol. The van der Waals surface area contributed by atoms with Crippen molar-refractivity contribution >= 4 is 5.91 Å². The van der Waals surface area contributed by atoms with Crippen molar-refractivity contribution in [3.63, 3.8) is 0 Å². The molecule has 2 aromatic rings. The largest absolute Gasteiger partial charge is 0.376 e. The summed E-state index contributed by atoms with van der Waals surface area (Å²) < 4.78 is 8.02. The molecular weight excluding hydrogens is 330 g/mol. The molecule has 2 aromatic heterocycles. The van der Waals surface area contributed by atoms with Gasteiger partial charge in [-0.1, -0.05) is 6.42 Å². The molecule has 2 atom stereocenters. The van der Waals surface area contributed by atoms with Gasteiger partial charge in [0.05, 0.1) is 17.6 Å². The summed E-state index contributed by atoms with van der Waals surface area (Å²) in [4.78, 5) is 19.3. The molecule has 7 heteroatoms. The lowest BCUT2D eigenvalue weighted by Crippen LogP contribution is -2.37. The van der Waals surface area contributed by atoms with Crippen LogP contribution in [-0.2, 0) is 11.8 Å². The average Bonchev–Trinajstić information content (AvgIpc) is 3.27. The number of nitrogens with zero attached hydrogens (tertiary/aromatic N) is 4. The van der Waals surface area contributed by atoms with Gasteiger partial charge in [-0.05, 0) is 38.2 Å². The van der Waals surface area contributed by atoms with Crippen molar-refractivity contribution < 1.29 is 9.53 Å². The van der Waals surface area contributed by atoms with Gasteiger partial charge in [0.25, 0.3) is 5.91 Å². The highest BCUT2D eigenvalue weighted by Crippen LogP contribution is 2.38. The zero-order valence-corrected chi connectivity index (χ0v) is 15.7. The molecule has 2 fully saturated rings. The van der Waals surface area contributed by atoms with Gasteiger partial charge < -0.3 is 14.2 Å². The summed E-state index contributed by atoms with van der Waals surface area (Å²) in [6.45, 7) is 3.13. The van der Waals surface area contributed by atoms with Crippen molar-refractivity contribution in [1.29, 1.82) is 0 Å². The Morgan fingerprint density at radius 1 is 1.42 bits per heavy atom. The molecule has 1 N–H and O–H groups in total. The van der Waals surface area contributed by atoms with E-state index in [0.29, 0.717) is 19.1 Å². The van der Waals surface area contributed by atoms with Gasteiger partial charge >= 0.3 is 0 Å². The minimum atomic E-state index is -0.0602. The molecule has 140 valence electrons. The molecule has 1 saturated heterocycles. The Labute approximate surface area is 153 Å². The summed E-state index contributed by atoms with van der Waals surface area (Å²) in [5.74, 6) is 2.34. The number of nitrogens with one attached hydrogen (secondary N) is 1. The predicted octanol–water partition coefficient (Wildman–Crippen LogP) is 2.36. The van der Waals surface area contributed by atoms with Gasteiger partial charge in [-0.2, -0.15) is 5.10 Å². The van der Waals surface area contributed by atoms with Gasteiger partial charge in [-0.25, -0.2) is 4.98 Å². The van der Waals surface area contributed by atoms with Crippen LogP contribution < -0.4 is 0 Å². The highest BCUT2D eigenvalue weighted by molar-refractivity contribution is 5.95. The Morgan fingerprint density at radius 2 is 2.23 bits per heavy atom. The third-order valence-electron chi connectivity index (χ3n) is 5.80. The number of likely N-dealkylation sites (N-methyl/N-ethyl adjacent to an activating group) is 1. The van der Waals surface area contributed by atoms with Crippen LogP contribution in [0.15, 0.2) is 12.3 Å². The summed E-state index contributed by atoms with van der Waals surface area (Å²) >= 11 is 0. The van der Waals surface area contributed by atoms with Crippen LogP contribution >= 0.6 is 0 Å². The first-order valence-corrected chi connectivity index (χ1v) is 9.45. The zero-order chi connectivity index (χ0) is 18.3. The van der Waals surface area contributed by atoms with E-state index in [1.165, 1.54) is 25.0 Å². The number of amides is 1. The molecule has 2 aliphatic rings. The minimum Gasteiger partial charge on any atom is -0.376 e. The SMILES string of the molecule is Cc1nc([C@@H]2CCO[C@@H]2CN(C)C(=O)c2ccn(C)c2C2CCC2)n[nH]1. The monoisotopic (exact) mass is 357 g/mol. The molecule has 0 radical (unpaired) electrons. The molecule has 1 saturated carbocycles. The van der Waals surface area contributed by atoms with Crippen LogP contribution in [0.5, 0.6) is 0 Å². The van der Waals surface area contributed by atoms with E-state index in [-0.39, 0.29) is 17.9 Å². The van der Waals surface area contributed by atoms with E-state index < -0.39 is 0 Å². The number of H-pyrrole nitrogens is 1. The Kier molecular flexibility index (Phi) is 4.56. The Balaban J connectivity index is 1.48. The summed E-state index contributed by atoms with van der Waals surface area (Å²) in [5, 5.41) is 7.20. The lowest BCUT2D eigenvalue weighted by molar-refractivity contribution is 0.0548. The zero-order valence-electron chi connectivity index (χ0n) is 15.7. The maximum absolute atomic E-state index is 13.1. The fourth-order valence-electron chi connectivity index (χ4n) is 4.12. The molecule has 4 rings (SSSR count). The summed E-state index contributed by atoms with van der Waals surface area (Å²) in [6, 6.07) is 1.96. The summed E-state index contributed by atoms with van der Waals surface area (Å²) in [6.07, 6.45) is 6.45. The summed E-state index contributed by atoms with van der Waals surface area (Å²) in [5.41, 5.74) is 2.02. The van der Waals surface area contributed by atoms with Crippen molar-refractivity contribution in [3.8, 4) is 0 Å². The molecule has 1 amide bonds. The Hall–Kier alpha value is -2.15. The van der Waals surface area contributed by atoms with Gasteiger partial charge in [0, 0.05) is 39.1 Å². The van der Waals surface area contributed by atoms with Gasteiger partial charge in [-0.15, -0.1) is 0 Å². The predicted molar refractivity (Wildman–Crippen MR) is 97.2 cm³/mol. The van der Waals surface area contributed by atoms with Gasteiger partial charge in [0.1, 0.15) is 5.82 Å². The maximum Gasteiger partial charge on any atom is 0.255 e. The van der Waals surface area contributed by atoms with E-state index in [9.17, 15) is 4.79 Å². The number of aromatic nitrogens is 4. The third-order valence-corrected chi connectivity index (χ3v) is 5.80. The third kappa shape index (κ3) is 3.05. The maximum atomic E-state index is 13.1. The molecule has 0 unspecified atom stereocenters. The number of carbonyl (C=O) groups excluding carboxylic acids is 1. The number of hydrogen-bond acceptors (Lipinski definition) is 4.